The minimum atomic E-state index is -1.12. The van der Waals surface area contributed by atoms with Crippen LogP contribution in [0.4, 0.5) is 10.6 Å². The number of aromatic nitrogens is 4. The highest BCUT2D eigenvalue weighted by molar-refractivity contribution is 6.76. The van der Waals surface area contributed by atoms with Crippen molar-refractivity contribution >= 4 is 31.0 Å². The first-order valence-corrected chi connectivity index (χ1v) is 14.6. The third-order valence-electron chi connectivity index (χ3n) is 5.32. The lowest BCUT2D eigenvalue weighted by Crippen LogP contribution is -2.39. The van der Waals surface area contributed by atoms with Gasteiger partial charge in [-0.2, -0.15) is 5.10 Å². The average Bonchev–Trinajstić information content (AvgIpc) is 3.30. The van der Waals surface area contributed by atoms with Crippen molar-refractivity contribution in [3.05, 3.63) is 12.5 Å². The molecule has 0 unspecified atom stereocenters. The third-order valence-corrected chi connectivity index (χ3v) is 7.02. The Bertz CT molecular complexity index is 905. The molecular formula is C21H36N6O3Si. The van der Waals surface area contributed by atoms with Crippen LogP contribution in [0.2, 0.25) is 25.7 Å². The lowest BCUT2D eigenvalue weighted by Gasteiger charge is -2.27. The summed E-state index contributed by atoms with van der Waals surface area (Å²) in [6, 6.07) is 1.27. The van der Waals surface area contributed by atoms with Gasteiger partial charge in [0.1, 0.15) is 24.5 Å². The highest BCUT2D eigenvalue weighted by Gasteiger charge is 2.33. The first kappa shape index (κ1) is 23.5. The van der Waals surface area contributed by atoms with Gasteiger partial charge in [-0.05, 0) is 33.2 Å². The van der Waals surface area contributed by atoms with Gasteiger partial charge < -0.3 is 19.3 Å². The van der Waals surface area contributed by atoms with Crippen molar-refractivity contribution in [2.45, 2.75) is 71.3 Å². The van der Waals surface area contributed by atoms with Crippen molar-refractivity contribution < 1.29 is 14.3 Å². The van der Waals surface area contributed by atoms with Crippen LogP contribution < -0.4 is 4.90 Å². The van der Waals surface area contributed by atoms with E-state index in [0.29, 0.717) is 19.8 Å². The maximum Gasteiger partial charge on any atom is 0.410 e. The molecule has 0 bridgehead atoms. The van der Waals surface area contributed by atoms with Crippen molar-refractivity contribution in [3.8, 4) is 0 Å². The molecule has 0 spiro atoms. The summed E-state index contributed by atoms with van der Waals surface area (Å²) in [5.74, 6) is 0.814. The average molecular weight is 449 g/mol. The third kappa shape index (κ3) is 6.16. The smallest absolute Gasteiger partial charge is 0.410 e. The first-order valence-electron chi connectivity index (χ1n) is 10.9. The van der Waals surface area contributed by atoms with E-state index in [1.807, 2.05) is 27.8 Å². The fourth-order valence-electron chi connectivity index (χ4n) is 3.51. The molecule has 3 rings (SSSR count). The van der Waals surface area contributed by atoms with Crippen molar-refractivity contribution in [1.29, 1.82) is 0 Å². The number of anilines is 1. The minimum absolute atomic E-state index is 0.155. The van der Waals surface area contributed by atoms with E-state index < -0.39 is 13.7 Å². The Labute approximate surface area is 185 Å². The zero-order valence-corrected chi connectivity index (χ0v) is 20.9. The monoisotopic (exact) mass is 448 g/mol. The van der Waals surface area contributed by atoms with Gasteiger partial charge in [0.15, 0.2) is 5.65 Å². The highest BCUT2D eigenvalue weighted by Crippen LogP contribution is 2.27. The molecule has 0 radical (unpaired) electrons. The van der Waals surface area contributed by atoms with Crippen LogP contribution in [0.25, 0.3) is 11.0 Å². The molecule has 31 heavy (non-hydrogen) atoms. The van der Waals surface area contributed by atoms with E-state index in [2.05, 4.69) is 39.6 Å². The van der Waals surface area contributed by atoms with E-state index in [4.69, 9.17) is 9.47 Å². The highest BCUT2D eigenvalue weighted by atomic mass is 28.3. The van der Waals surface area contributed by atoms with Crippen molar-refractivity contribution in [2.75, 3.05) is 31.6 Å². The zero-order chi connectivity index (χ0) is 22.8. The maximum absolute atomic E-state index is 12.4. The second-order valence-corrected chi connectivity index (χ2v) is 16.0. The van der Waals surface area contributed by atoms with Gasteiger partial charge in [0.25, 0.3) is 0 Å². The van der Waals surface area contributed by atoms with Gasteiger partial charge >= 0.3 is 6.09 Å². The van der Waals surface area contributed by atoms with Gasteiger partial charge in [-0.3, -0.25) is 0 Å². The van der Waals surface area contributed by atoms with Crippen molar-refractivity contribution in [2.24, 2.45) is 0 Å². The van der Waals surface area contributed by atoms with Crippen LogP contribution in [-0.4, -0.2) is 77.2 Å². The lowest BCUT2D eigenvalue weighted by molar-refractivity contribution is 0.0292. The molecule has 1 amide bonds. The van der Waals surface area contributed by atoms with E-state index in [1.165, 1.54) is 0 Å². The number of likely N-dealkylation sites (tertiary alicyclic amines) is 1. The second-order valence-electron chi connectivity index (χ2n) is 10.4. The first-order chi connectivity index (χ1) is 14.4. The summed E-state index contributed by atoms with van der Waals surface area (Å²) in [7, 11) is 0.884. The predicted octanol–water partition coefficient (Wildman–Crippen LogP) is 3.58. The molecule has 0 N–H and O–H groups in total. The van der Waals surface area contributed by atoms with E-state index in [0.717, 1.165) is 35.9 Å². The molecule has 3 heterocycles. The predicted molar refractivity (Wildman–Crippen MR) is 124 cm³/mol. The Morgan fingerprint density at radius 2 is 2.03 bits per heavy atom. The molecule has 1 aliphatic rings. The number of hydrogen-bond acceptors (Lipinski definition) is 7. The maximum atomic E-state index is 12.4. The normalized spacial score (nSPS) is 17.4. The Kier molecular flexibility index (Phi) is 6.90. The number of ether oxygens (including phenoxy) is 2. The summed E-state index contributed by atoms with van der Waals surface area (Å²) in [6.07, 6.45) is 3.95. The van der Waals surface area contributed by atoms with Crippen LogP contribution in [0, 0.1) is 0 Å². The standard InChI is InChI=1S/C21H36N6O3Si/c1-21(2,3)30-20(28)26-9-8-16(13-26)25(4)18-17-12-24-27(19(17)23-14-22-18)15-29-10-11-31(5,6)7/h12,14,16H,8-11,13,15H2,1-7H3/t16-/m0/s1. The minimum Gasteiger partial charge on any atom is -0.444 e. The van der Waals surface area contributed by atoms with Crippen LogP contribution >= 0.6 is 0 Å². The number of carbonyl (C=O) groups is 1. The molecule has 2 aromatic rings. The summed E-state index contributed by atoms with van der Waals surface area (Å²) in [6.45, 7) is 15.0. The summed E-state index contributed by atoms with van der Waals surface area (Å²) >= 11 is 0. The molecule has 0 aromatic carbocycles. The summed E-state index contributed by atoms with van der Waals surface area (Å²) < 4.78 is 13.1. The Morgan fingerprint density at radius 3 is 2.71 bits per heavy atom. The van der Waals surface area contributed by atoms with E-state index in [-0.39, 0.29) is 12.1 Å². The van der Waals surface area contributed by atoms with Crippen LogP contribution in [0.5, 0.6) is 0 Å². The van der Waals surface area contributed by atoms with Crippen LogP contribution in [0.15, 0.2) is 12.5 Å². The molecule has 0 aliphatic carbocycles. The van der Waals surface area contributed by atoms with Crippen LogP contribution in [0.3, 0.4) is 0 Å². The van der Waals surface area contributed by atoms with E-state index >= 15 is 0 Å². The quantitative estimate of drug-likeness (QED) is 0.473. The molecule has 0 saturated carbocycles. The van der Waals surface area contributed by atoms with Crippen molar-refractivity contribution in [3.63, 3.8) is 0 Å². The molecule has 1 saturated heterocycles. The lowest BCUT2D eigenvalue weighted by atomic mass is 10.2. The van der Waals surface area contributed by atoms with Gasteiger partial charge in [0.2, 0.25) is 0 Å². The van der Waals surface area contributed by atoms with Gasteiger partial charge in [0.05, 0.1) is 11.6 Å². The molecule has 2 aromatic heterocycles. The van der Waals surface area contributed by atoms with Gasteiger partial charge in [-0.25, -0.2) is 19.4 Å². The second kappa shape index (κ2) is 9.11. The number of nitrogens with zero attached hydrogens (tertiary/aromatic N) is 6. The molecule has 9 nitrogen and oxygen atoms in total. The molecular weight excluding hydrogens is 412 g/mol. The molecule has 1 atom stereocenters. The molecule has 172 valence electrons. The zero-order valence-electron chi connectivity index (χ0n) is 19.9. The number of amides is 1. The van der Waals surface area contributed by atoms with Crippen molar-refractivity contribution in [1.82, 2.24) is 24.6 Å². The Hall–Kier alpha value is -2.20. The van der Waals surface area contributed by atoms with Gasteiger partial charge in [-0.15, -0.1) is 0 Å². The number of hydrogen-bond donors (Lipinski definition) is 0. The van der Waals surface area contributed by atoms with E-state index in [1.54, 1.807) is 22.1 Å². The topological polar surface area (TPSA) is 85.6 Å². The Balaban J connectivity index is 1.66. The van der Waals surface area contributed by atoms with Gasteiger partial charge in [0, 0.05) is 40.9 Å². The summed E-state index contributed by atoms with van der Waals surface area (Å²) in [4.78, 5) is 25.2. The summed E-state index contributed by atoms with van der Waals surface area (Å²) in [5.41, 5.74) is 0.262. The van der Waals surface area contributed by atoms with Crippen LogP contribution in [0.1, 0.15) is 27.2 Å². The summed E-state index contributed by atoms with van der Waals surface area (Å²) in [5, 5.41) is 5.36. The number of fused-ring (bicyclic) bond motifs is 1. The Morgan fingerprint density at radius 1 is 1.29 bits per heavy atom. The molecule has 1 aliphatic heterocycles. The fourth-order valence-corrected chi connectivity index (χ4v) is 4.27. The van der Waals surface area contributed by atoms with Gasteiger partial charge in [-0.1, -0.05) is 19.6 Å². The molecule has 10 heteroatoms. The van der Waals surface area contributed by atoms with E-state index in [9.17, 15) is 4.79 Å². The number of rotatable bonds is 7. The number of carbonyl (C=O) groups excluding carboxylic acids is 1. The molecule has 1 fully saturated rings. The largest absolute Gasteiger partial charge is 0.444 e. The van der Waals surface area contributed by atoms with Crippen LogP contribution in [-0.2, 0) is 16.2 Å². The SMILES string of the molecule is CN(c1ncnc2c1cnn2COCC[Si](C)(C)C)[C@H]1CCN(C(=O)OC(C)(C)C)C1. The fraction of sp³-hybridized carbons (Fsp3) is 0.714. The number of likely N-dealkylation sites (N-methyl/N-ethyl adjacent to an activating group) is 1.